The predicted octanol–water partition coefficient (Wildman–Crippen LogP) is 2.10. The standard InChI is InChI=1S/C10H10ClNO3S/c11-7-1-3-8(4-2-7)12-9(13)5-16-6-10(14)15/h1-4H,5-6H2,(H,12,13)(H,14,15). The van der Waals surface area contributed by atoms with Gasteiger partial charge in [0.15, 0.2) is 0 Å². The Kier molecular flexibility index (Phi) is 5.14. The van der Waals surface area contributed by atoms with Gasteiger partial charge in [-0.15, -0.1) is 11.8 Å². The summed E-state index contributed by atoms with van der Waals surface area (Å²) in [5.41, 5.74) is 0.644. The smallest absolute Gasteiger partial charge is 0.313 e. The summed E-state index contributed by atoms with van der Waals surface area (Å²) >= 11 is 6.74. The number of anilines is 1. The summed E-state index contributed by atoms with van der Waals surface area (Å²) in [6, 6.07) is 6.70. The zero-order chi connectivity index (χ0) is 12.0. The molecule has 0 spiro atoms. The number of hydrogen-bond acceptors (Lipinski definition) is 3. The van der Waals surface area contributed by atoms with Crippen molar-refractivity contribution in [1.29, 1.82) is 0 Å². The van der Waals surface area contributed by atoms with Crippen molar-refractivity contribution in [3.05, 3.63) is 29.3 Å². The number of carbonyl (C=O) groups excluding carboxylic acids is 1. The van der Waals surface area contributed by atoms with Crippen LogP contribution in [0.2, 0.25) is 5.02 Å². The molecule has 16 heavy (non-hydrogen) atoms. The van der Waals surface area contributed by atoms with E-state index in [1.165, 1.54) is 0 Å². The van der Waals surface area contributed by atoms with Crippen LogP contribution in [0, 0.1) is 0 Å². The SMILES string of the molecule is O=C(O)CSCC(=O)Nc1ccc(Cl)cc1. The second kappa shape index (κ2) is 6.40. The van der Waals surface area contributed by atoms with Gasteiger partial charge in [-0.1, -0.05) is 11.6 Å². The zero-order valence-corrected chi connectivity index (χ0v) is 9.85. The second-order valence-electron chi connectivity index (χ2n) is 2.94. The zero-order valence-electron chi connectivity index (χ0n) is 8.27. The molecular formula is C10H10ClNO3S. The number of carbonyl (C=O) groups is 2. The number of carboxylic acid groups (broad SMARTS) is 1. The Balaban J connectivity index is 2.34. The van der Waals surface area contributed by atoms with Crippen LogP contribution in [-0.2, 0) is 9.59 Å². The fourth-order valence-corrected chi connectivity index (χ4v) is 1.62. The molecule has 4 nitrogen and oxygen atoms in total. The normalized spacial score (nSPS) is 9.81. The molecule has 0 radical (unpaired) electrons. The number of carboxylic acids is 1. The van der Waals surface area contributed by atoms with Crippen molar-refractivity contribution in [2.24, 2.45) is 0 Å². The first-order chi connectivity index (χ1) is 7.58. The monoisotopic (exact) mass is 259 g/mol. The molecule has 0 bridgehead atoms. The van der Waals surface area contributed by atoms with E-state index < -0.39 is 5.97 Å². The molecule has 86 valence electrons. The van der Waals surface area contributed by atoms with Crippen molar-refractivity contribution >= 4 is 40.9 Å². The Labute approximate surface area is 102 Å². The summed E-state index contributed by atoms with van der Waals surface area (Å²) in [5.74, 6) is -1.11. The number of benzene rings is 1. The Morgan fingerprint density at radius 2 is 1.88 bits per heavy atom. The van der Waals surface area contributed by atoms with E-state index in [0.717, 1.165) is 11.8 Å². The summed E-state index contributed by atoms with van der Waals surface area (Å²) in [5, 5.41) is 11.6. The Morgan fingerprint density at radius 3 is 2.44 bits per heavy atom. The molecule has 0 aromatic heterocycles. The van der Waals surface area contributed by atoms with E-state index in [1.807, 2.05) is 0 Å². The predicted molar refractivity (Wildman–Crippen MR) is 65.0 cm³/mol. The first-order valence-electron chi connectivity index (χ1n) is 4.43. The summed E-state index contributed by atoms with van der Waals surface area (Å²) in [6.45, 7) is 0. The van der Waals surface area contributed by atoms with Crippen LogP contribution in [0.4, 0.5) is 5.69 Å². The highest BCUT2D eigenvalue weighted by Crippen LogP contribution is 2.13. The number of halogens is 1. The molecule has 1 aromatic carbocycles. The van der Waals surface area contributed by atoms with Crippen molar-refractivity contribution in [3.8, 4) is 0 Å². The molecule has 1 rings (SSSR count). The molecule has 6 heteroatoms. The highest BCUT2D eigenvalue weighted by atomic mass is 35.5. The average Bonchev–Trinajstić information content (AvgIpc) is 2.21. The lowest BCUT2D eigenvalue weighted by atomic mass is 10.3. The van der Waals surface area contributed by atoms with Gasteiger partial charge in [-0.25, -0.2) is 0 Å². The number of aliphatic carboxylic acids is 1. The van der Waals surface area contributed by atoms with Gasteiger partial charge in [0.25, 0.3) is 0 Å². The molecule has 0 saturated heterocycles. The highest BCUT2D eigenvalue weighted by molar-refractivity contribution is 8.00. The van der Waals surface area contributed by atoms with E-state index >= 15 is 0 Å². The van der Waals surface area contributed by atoms with E-state index in [4.69, 9.17) is 16.7 Å². The van der Waals surface area contributed by atoms with Crippen LogP contribution < -0.4 is 5.32 Å². The largest absolute Gasteiger partial charge is 0.481 e. The van der Waals surface area contributed by atoms with Gasteiger partial charge in [0.2, 0.25) is 5.91 Å². The number of thioether (sulfide) groups is 1. The molecule has 0 unspecified atom stereocenters. The van der Waals surface area contributed by atoms with Crippen LogP contribution in [0.25, 0.3) is 0 Å². The van der Waals surface area contributed by atoms with Crippen LogP contribution >= 0.6 is 23.4 Å². The summed E-state index contributed by atoms with van der Waals surface area (Å²) < 4.78 is 0. The van der Waals surface area contributed by atoms with Crippen LogP contribution in [0.1, 0.15) is 0 Å². The lowest BCUT2D eigenvalue weighted by Crippen LogP contribution is -2.15. The van der Waals surface area contributed by atoms with Crippen molar-refractivity contribution in [2.45, 2.75) is 0 Å². The van der Waals surface area contributed by atoms with Gasteiger partial charge in [-0.3, -0.25) is 9.59 Å². The van der Waals surface area contributed by atoms with Crippen molar-refractivity contribution < 1.29 is 14.7 Å². The lowest BCUT2D eigenvalue weighted by molar-refractivity contribution is -0.133. The first-order valence-corrected chi connectivity index (χ1v) is 5.96. The van der Waals surface area contributed by atoms with E-state index in [9.17, 15) is 9.59 Å². The van der Waals surface area contributed by atoms with Gasteiger partial charge in [-0.2, -0.15) is 0 Å². The van der Waals surface area contributed by atoms with Crippen LogP contribution in [-0.4, -0.2) is 28.5 Å². The third kappa shape index (κ3) is 5.04. The fourth-order valence-electron chi connectivity index (χ4n) is 0.961. The minimum absolute atomic E-state index is 0.0754. The Morgan fingerprint density at radius 1 is 1.25 bits per heavy atom. The number of amides is 1. The van der Waals surface area contributed by atoms with Gasteiger partial charge in [0.1, 0.15) is 0 Å². The molecule has 1 amide bonds. The fraction of sp³-hybridized carbons (Fsp3) is 0.200. The van der Waals surface area contributed by atoms with E-state index in [-0.39, 0.29) is 17.4 Å². The van der Waals surface area contributed by atoms with E-state index in [0.29, 0.717) is 10.7 Å². The Bertz CT molecular complexity index is 380. The van der Waals surface area contributed by atoms with Crippen molar-refractivity contribution in [1.82, 2.24) is 0 Å². The maximum atomic E-state index is 11.3. The van der Waals surface area contributed by atoms with Gasteiger partial charge in [-0.05, 0) is 24.3 Å². The number of nitrogens with one attached hydrogen (secondary N) is 1. The maximum absolute atomic E-state index is 11.3. The highest BCUT2D eigenvalue weighted by Gasteiger charge is 2.04. The number of hydrogen-bond donors (Lipinski definition) is 2. The summed E-state index contributed by atoms with van der Waals surface area (Å²) in [4.78, 5) is 21.5. The number of rotatable bonds is 5. The lowest BCUT2D eigenvalue weighted by Gasteiger charge is -2.04. The molecule has 0 aliphatic rings. The molecule has 0 atom stereocenters. The molecule has 1 aromatic rings. The van der Waals surface area contributed by atoms with Gasteiger partial charge in [0.05, 0.1) is 11.5 Å². The second-order valence-corrected chi connectivity index (χ2v) is 4.36. The summed E-state index contributed by atoms with van der Waals surface area (Å²) in [7, 11) is 0. The molecule has 0 heterocycles. The molecule has 0 fully saturated rings. The van der Waals surface area contributed by atoms with Crippen molar-refractivity contribution in [2.75, 3.05) is 16.8 Å². The van der Waals surface area contributed by atoms with Gasteiger partial charge in [0, 0.05) is 10.7 Å². The third-order valence-electron chi connectivity index (χ3n) is 1.59. The van der Waals surface area contributed by atoms with Crippen LogP contribution in [0.5, 0.6) is 0 Å². The quantitative estimate of drug-likeness (QED) is 0.850. The van der Waals surface area contributed by atoms with Crippen molar-refractivity contribution in [3.63, 3.8) is 0 Å². The van der Waals surface area contributed by atoms with Crippen LogP contribution in [0.15, 0.2) is 24.3 Å². The minimum atomic E-state index is -0.927. The Hall–Kier alpha value is -1.20. The average molecular weight is 260 g/mol. The maximum Gasteiger partial charge on any atom is 0.313 e. The molecule has 0 aliphatic carbocycles. The van der Waals surface area contributed by atoms with E-state index in [2.05, 4.69) is 5.32 Å². The minimum Gasteiger partial charge on any atom is -0.481 e. The first kappa shape index (κ1) is 12.9. The third-order valence-corrected chi connectivity index (χ3v) is 2.76. The van der Waals surface area contributed by atoms with Gasteiger partial charge >= 0.3 is 5.97 Å². The topological polar surface area (TPSA) is 66.4 Å². The van der Waals surface area contributed by atoms with Crippen LogP contribution in [0.3, 0.4) is 0 Å². The molecular weight excluding hydrogens is 250 g/mol. The molecule has 2 N–H and O–H groups in total. The molecule has 0 aliphatic heterocycles. The van der Waals surface area contributed by atoms with E-state index in [1.54, 1.807) is 24.3 Å². The summed E-state index contributed by atoms with van der Waals surface area (Å²) in [6.07, 6.45) is 0. The van der Waals surface area contributed by atoms with Gasteiger partial charge < -0.3 is 10.4 Å². The molecule has 0 saturated carbocycles.